The zero-order chi connectivity index (χ0) is 17.6. The third-order valence-electron chi connectivity index (χ3n) is 4.64. The highest BCUT2D eigenvalue weighted by atomic mass is 35.5. The van der Waals surface area contributed by atoms with E-state index in [1.165, 1.54) is 12.1 Å². The van der Waals surface area contributed by atoms with Crippen molar-refractivity contribution in [2.24, 2.45) is 0 Å². The Morgan fingerprint density at radius 1 is 1.24 bits per heavy atom. The summed E-state index contributed by atoms with van der Waals surface area (Å²) in [7, 11) is 0. The minimum Gasteiger partial charge on any atom is -0.280 e. The first-order chi connectivity index (χ1) is 12.2. The Kier molecular flexibility index (Phi) is 6.76. The van der Waals surface area contributed by atoms with E-state index in [-0.39, 0.29) is 5.82 Å². The van der Waals surface area contributed by atoms with Crippen molar-refractivity contribution >= 4 is 23.7 Å². The lowest BCUT2D eigenvalue weighted by atomic mass is 9.84. The topological polar surface area (TPSA) is 52.7 Å². The van der Waals surface area contributed by atoms with Gasteiger partial charge in [0.1, 0.15) is 11.5 Å². The summed E-state index contributed by atoms with van der Waals surface area (Å²) in [5.74, 6) is 0.147. The van der Waals surface area contributed by atoms with Gasteiger partial charge in [0.2, 0.25) is 0 Å². The Morgan fingerprint density at radius 3 is 2.64 bits per heavy atom. The van der Waals surface area contributed by atoms with Crippen LogP contribution in [0, 0.1) is 5.82 Å². The van der Waals surface area contributed by atoms with Crippen LogP contribution in [0.1, 0.15) is 50.6 Å². The molecule has 0 spiro atoms. The molecule has 0 amide bonds. The molecule has 1 aliphatic rings. The van der Waals surface area contributed by atoms with Crippen LogP contribution < -0.4 is 9.44 Å². The molecule has 3 N–H and O–H groups in total. The van der Waals surface area contributed by atoms with Gasteiger partial charge in [0.15, 0.2) is 0 Å². The van der Waals surface area contributed by atoms with E-state index in [2.05, 4.69) is 26.6 Å². The fraction of sp³-hybridized carbons (Fsp3) is 0.500. The average molecular weight is 383 g/mol. The fourth-order valence-corrected chi connectivity index (χ4v) is 4.33. The van der Waals surface area contributed by atoms with Gasteiger partial charge in [-0.2, -0.15) is 5.10 Å². The molecule has 25 heavy (non-hydrogen) atoms. The van der Waals surface area contributed by atoms with Crippen LogP contribution in [0.4, 0.5) is 4.39 Å². The highest BCUT2D eigenvalue weighted by molar-refractivity contribution is 7.95. The van der Waals surface area contributed by atoms with E-state index < -0.39 is 0 Å². The minimum absolute atomic E-state index is 0.257. The summed E-state index contributed by atoms with van der Waals surface area (Å²) in [4.78, 5) is 0. The maximum atomic E-state index is 13.1. The molecule has 0 radical (unpaired) electrons. The van der Waals surface area contributed by atoms with E-state index in [4.69, 9.17) is 11.6 Å². The van der Waals surface area contributed by atoms with Crippen molar-refractivity contribution in [3.8, 4) is 11.3 Å². The van der Waals surface area contributed by atoms with Crippen molar-refractivity contribution < 1.29 is 4.39 Å². The fourth-order valence-electron chi connectivity index (χ4n) is 3.19. The molecule has 0 aliphatic heterocycles. The van der Waals surface area contributed by atoms with Crippen LogP contribution in [0.3, 0.4) is 0 Å². The highest BCUT2D eigenvalue weighted by Gasteiger charge is 2.26. The van der Waals surface area contributed by atoms with Gasteiger partial charge in [-0.25, -0.2) is 9.11 Å². The highest BCUT2D eigenvalue weighted by Crippen LogP contribution is 2.39. The second-order valence-corrected chi connectivity index (χ2v) is 7.58. The third kappa shape index (κ3) is 4.76. The molecule has 1 aliphatic carbocycles. The molecule has 0 bridgehead atoms. The number of benzene rings is 1. The molecule has 0 unspecified atom stereocenters. The molecule has 136 valence electrons. The van der Waals surface area contributed by atoms with Crippen molar-refractivity contribution in [2.45, 2.75) is 51.0 Å². The van der Waals surface area contributed by atoms with E-state index in [0.717, 1.165) is 49.9 Å². The van der Waals surface area contributed by atoms with Crippen LogP contribution in [-0.4, -0.2) is 22.8 Å². The molecule has 1 aromatic carbocycles. The zero-order valence-electron chi connectivity index (χ0n) is 14.3. The number of aromatic nitrogens is 2. The molecule has 1 saturated carbocycles. The Labute approximate surface area is 157 Å². The van der Waals surface area contributed by atoms with Crippen LogP contribution in [0.25, 0.3) is 11.3 Å². The Morgan fingerprint density at radius 2 is 1.96 bits per heavy atom. The smallest absolute Gasteiger partial charge is 0.123 e. The number of aromatic amines is 1. The monoisotopic (exact) mass is 382 g/mol. The van der Waals surface area contributed by atoms with Crippen molar-refractivity contribution in [3.05, 3.63) is 40.8 Å². The molecule has 1 heterocycles. The van der Waals surface area contributed by atoms with Gasteiger partial charge in [-0.3, -0.25) is 9.82 Å². The third-order valence-corrected chi connectivity index (χ3v) is 5.82. The second kappa shape index (κ2) is 9.03. The number of rotatable bonds is 7. The lowest BCUT2D eigenvalue weighted by Crippen LogP contribution is -2.30. The van der Waals surface area contributed by atoms with Gasteiger partial charge in [-0.1, -0.05) is 18.5 Å². The quantitative estimate of drug-likeness (QED) is 0.463. The lowest BCUT2D eigenvalue weighted by molar-refractivity contribution is 0.376. The van der Waals surface area contributed by atoms with E-state index in [9.17, 15) is 4.39 Å². The summed E-state index contributed by atoms with van der Waals surface area (Å²) in [6.45, 7) is 3.18. The van der Waals surface area contributed by atoms with Gasteiger partial charge in [-0.05, 0) is 56.4 Å². The van der Waals surface area contributed by atoms with Crippen molar-refractivity contribution in [2.75, 3.05) is 6.54 Å². The number of halogens is 2. The van der Waals surface area contributed by atoms with Crippen LogP contribution in [-0.2, 0) is 0 Å². The summed E-state index contributed by atoms with van der Waals surface area (Å²) in [6, 6.07) is 6.82. The minimum atomic E-state index is -0.257. The zero-order valence-corrected chi connectivity index (χ0v) is 15.9. The first-order valence-electron chi connectivity index (χ1n) is 8.83. The van der Waals surface area contributed by atoms with Gasteiger partial charge in [0.25, 0.3) is 0 Å². The Hall–Kier alpha value is -1.08. The van der Waals surface area contributed by atoms with Crippen LogP contribution in [0.2, 0.25) is 5.02 Å². The molecule has 1 fully saturated rings. The Balaban J connectivity index is 1.58. The standard InChI is InChI=1S/C18H24ClFN4S/c1-2-11-21-25-24-15-9-5-13(6-10-15)18-16(19)17(22-23-18)12-3-7-14(20)8-4-12/h3-4,7-8,13,15,21,24H,2,5-6,9-11H2,1H3,(H,22,23). The van der Waals surface area contributed by atoms with Crippen molar-refractivity contribution in [1.82, 2.24) is 19.6 Å². The lowest BCUT2D eigenvalue weighted by Gasteiger charge is -2.28. The number of hydrogen-bond donors (Lipinski definition) is 3. The van der Waals surface area contributed by atoms with Gasteiger partial charge >= 0.3 is 0 Å². The SMILES string of the molecule is CCCNSNC1CCC(c2[nH]nc(-c3ccc(F)cc3)c2Cl)CC1. The van der Waals surface area contributed by atoms with E-state index >= 15 is 0 Å². The molecular formula is C18H24ClFN4S. The first-order valence-corrected chi connectivity index (χ1v) is 10.0. The van der Waals surface area contributed by atoms with Crippen LogP contribution in [0.5, 0.6) is 0 Å². The van der Waals surface area contributed by atoms with Gasteiger partial charge in [0.05, 0.1) is 10.7 Å². The maximum absolute atomic E-state index is 13.1. The molecule has 1 aromatic heterocycles. The van der Waals surface area contributed by atoms with Gasteiger partial charge < -0.3 is 0 Å². The van der Waals surface area contributed by atoms with E-state index in [0.29, 0.717) is 22.7 Å². The summed E-state index contributed by atoms with van der Waals surface area (Å²) in [6.07, 6.45) is 5.53. The number of hydrogen-bond acceptors (Lipinski definition) is 4. The molecule has 7 heteroatoms. The first kappa shape index (κ1) is 18.7. The molecule has 0 atom stereocenters. The normalized spacial score (nSPS) is 20.8. The average Bonchev–Trinajstić information content (AvgIpc) is 3.01. The van der Waals surface area contributed by atoms with Crippen LogP contribution in [0.15, 0.2) is 24.3 Å². The largest absolute Gasteiger partial charge is 0.280 e. The van der Waals surface area contributed by atoms with Crippen molar-refractivity contribution in [3.63, 3.8) is 0 Å². The summed E-state index contributed by atoms with van der Waals surface area (Å²) in [5.41, 5.74) is 2.55. The summed E-state index contributed by atoms with van der Waals surface area (Å²) >= 11 is 8.18. The molecule has 4 nitrogen and oxygen atoms in total. The number of nitrogens with one attached hydrogen (secondary N) is 3. The Bertz CT molecular complexity index is 668. The molecule has 2 aromatic rings. The van der Waals surface area contributed by atoms with Crippen LogP contribution >= 0.6 is 23.7 Å². The number of H-pyrrole nitrogens is 1. The molecule has 0 saturated heterocycles. The van der Waals surface area contributed by atoms with E-state index in [1.807, 2.05) is 0 Å². The molecule has 3 rings (SSSR count). The summed E-state index contributed by atoms with van der Waals surface area (Å²) < 4.78 is 19.9. The maximum Gasteiger partial charge on any atom is 0.123 e. The predicted octanol–water partition coefficient (Wildman–Crippen LogP) is 5.05. The number of nitrogens with zero attached hydrogens (tertiary/aromatic N) is 1. The second-order valence-electron chi connectivity index (χ2n) is 6.47. The van der Waals surface area contributed by atoms with Crippen molar-refractivity contribution in [1.29, 1.82) is 0 Å². The molecular weight excluding hydrogens is 359 g/mol. The van der Waals surface area contributed by atoms with Gasteiger partial charge in [-0.15, -0.1) is 0 Å². The van der Waals surface area contributed by atoms with Gasteiger partial charge in [0, 0.05) is 36.2 Å². The predicted molar refractivity (Wildman–Crippen MR) is 103 cm³/mol. The van der Waals surface area contributed by atoms with E-state index in [1.54, 1.807) is 24.3 Å². The summed E-state index contributed by atoms with van der Waals surface area (Å²) in [5, 5.41) is 8.16.